The molecule has 1 aliphatic carbocycles. The van der Waals surface area contributed by atoms with Gasteiger partial charge in [-0.05, 0) is 24.3 Å². The molecule has 1 heterocycles. The number of hydrogen-bond donors (Lipinski definition) is 1. The Morgan fingerprint density at radius 3 is 2.68 bits per heavy atom. The predicted octanol–water partition coefficient (Wildman–Crippen LogP) is 2.31. The van der Waals surface area contributed by atoms with Crippen molar-refractivity contribution in [1.82, 2.24) is 10.2 Å². The SMILES string of the molecule is O=C1NCCN(C(=O)OCc2ccccc2)C1C1CCCC1. The van der Waals surface area contributed by atoms with Crippen molar-refractivity contribution in [3.63, 3.8) is 0 Å². The van der Waals surface area contributed by atoms with E-state index in [2.05, 4.69) is 5.32 Å². The van der Waals surface area contributed by atoms with Crippen molar-refractivity contribution >= 4 is 12.0 Å². The zero-order chi connectivity index (χ0) is 15.4. The van der Waals surface area contributed by atoms with Crippen LogP contribution in [0.2, 0.25) is 0 Å². The van der Waals surface area contributed by atoms with Crippen molar-refractivity contribution in [2.45, 2.75) is 38.3 Å². The van der Waals surface area contributed by atoms with E-state index in [9.17, 15) is 9.59 Å². The number of nitrogens with zero attached hydrogens (tertiary/aromatic N) is 1. The van der Waals surface area contributed by atoms with Crippen LogP contribution in [0.4, 0.5) is 4.79 Å². The third kappa shape index (κ3) is 3.24. The van der Waals surface area contributed by atoms with E-state index in [0.29, 0.717) is 13.1 Å². The first-order valence-electron chi connectivity index (χ1n) is 8.01. The van der Waals surface area contributed by atoms with E-state index in [1.807, 2.05) is 30.3 Å². The zero-order valence-electron chi connectivity index (χ0n) is 12.7. The second-order valence-corrected chi connectivity index (χ2v) is 6.01. The molecular formula is C17H22N2O3. The maximum atomic E-state index is 12.4. The molecule has 2 aliphatic rings. The fourth-order valence-corrected chi connectivity index (χ4v) is 3.43. The van der Waals surface area contributed by atoms with Crippen LogP contribution in [0, 0.1) is 5.92 Å². The Morgan fingerprint density at radius 1 is 1.23 bits per heavy atom. The molecule has 1 aliphatic heterocycles. The highest BCUT2D eigenvalue weighted by Gasteiger charge is 2.40. The Balaban J connectivity index is 1.64. The summed E-state index contributed by atoms with van der Waals surface area (Å²) in [5, 5.41) is 2.88. The summed E-state index contributed by atoms with van der Waals surface area (Å²) in [7, 11) is 0. The number of nitrogens with one attached hydrogen (secondary N) is 1. The van der Waals surface area contributed by atoms with Crippen LogP contribution >= 0.6 is 0 Å². The first kappa shape index (κ1) is 14.9. The fraction of sp³-hybridized carbons (Fsp3) is 0.529. The fourth-order valence-electron chi connectivity index (χ4n) is 3.43. The van der Waals surface area contributed by atoms with Crippen LogP contribution in [0.3, 0.4) is 0 Å². The number of rotatable bonds is 3. The first-order valence-corrected chi connectivity index (χ1v) is 8.01. The second-order valence-electron chi connectivity index (χ2n) is 6.01. The summed E-state index contributed by atoms with van der Waals surface area (Å²) in [5.41, 5.74) is 0.953. The average Bonchev–Trinajstić information content (AvgIpc) is 3.07. The average molecular weight is 302 g/mol. The molecule has 1 saturated carbocycles. The lowest BCUT2D eigenvalue weighted by Crippen LogP contribution is -2.59. The maximum Gasteiger partial charge on any atom is 0.410 e. The van der Waals surface area contributed by atoms with E-state index in [0.717, 1.165) is 31.2 Å². The van der Waals surface area contributed by atoms with Crippen molar-refractivity contribution in [3.8, 4) is 0 Å². The Labute approximate surface area is 130 Å². The molecule has 0 aromatic heterocycles. The number of benzene rings is 1. The van der Waals surface area contributed by atoms with Crippen LogP contribution < -0.4 is 5.32 Å². The van der Waals surface area contributed by atoms with Crippen LogP contribution in [0.5, 0.6) is 0 Å². The van der Waals surface area contributed by atoms with Gasteiger partial charge < -0.3 is 10.1 Å². The van der Waals surface area contributed by atoms with Crippen molar-refractivity contribution in [2.75, 3.05) is 13.1 Å². The minimum absolute atomic E-state index is 0.0326. The summed E-state index contributed by atoms with van der Waals surface area (Å²) >= 11 is 0. The monoisotopic (exact) mass is 302 g/mol. The Morgan fingerprint density at radius 2 is 1.95 bits per heavy atom. The minimum atomic E-state index is -0.379. The van der Waals surface area contributed by atoms with Gasteiger partial charge in [0, 0.05) is 13.1 Å². The third-order valence-electron chi connectivity index (χ3n) is 4.54. The second kappa shape index (κ2) is 6.81. The number of amides is 2. The molecule has 1 aromatic rings. The molecule has 5 heteroatoms. The van der Waals surface area contributed by atoms with Gasteiger partial charge in [0.05, 0.1) is 0 Å². The van der Waals surface area contributed by atoms with Crippen LogP contribution in [0.25, 0.3) is 0 Å². The molecule has 3 rings (SSSR count). The first-order chi connectivity index (χ1) is 10.8. The highest BCUT2D eigenvalue weighted by Crippen LogP contribution is 2.31. The number of piperazine rings is 1. The third-order valence-corrected chi connectivity index (χ3v) is 4.54. The lowest BCUT2D eigenvalue weighted by Gasteiger charge is -2.37. The van der Waals surface area contributed by atoms with Gasteiger partial charge in [0.2, 0.25) is 5.91 Å². The van der Waals surface area contributed by atoms with Gasteiger partial charge in [-0.15, -0.1) is 0 Å². The molecule has 5 nitrogen and oxygen atoms in total. The van der Waals surface area contributed by atoms with E-state index in [1.54, 1.807) is 4.90 Å². The number of ether oxygens (including phenoxy) is 1. The number of carbonyl (C=O) groups is 2. The van der Waals surface area contributed by atoms with Crippen LogP contribution in [-0.2, 0) is 16.1 Å². The maximum absolute atomic E-state index is 12.4. The predicted molar refractivity (Wildman–Crippen MR) is 82.1 cm³/mol. The molecule has 0 spiro atoms. The molecule has 22 heavy (non-hydrogen) atoms. The van der Waals surface area contributed by atoms with Crippen molar-refractivity contribution in [2.24, 2.45) is 5.92 Å². The lowest BCUT2D eigenvalue weighted by atomic mass is 9.94. The summed E-state index contributed by atoms with van der Waals surface area (Å²) in [6, 6.07) is 9.24. The molecule has 1 unspecified atom stereocenters. The van der Waals surface area contributed by atoms with Crippen molar-refractivity contribution in [3.05, 3.63) is 35.9 Å². The van der Waals surface area contributed by atoms with E-state index >= 15 is 0 Å². The van der Waals surface area contributed by atoms with Crippen molar-refractivity contribution < 1.29 is 14.3 Å². The smallest absolute Gasteiger partial charge is 0.410 e. The van der Waals surface area contributed by atoms with Gasteiger partial charge in [-0.2, -0.15) is 0 Å². The van der Waals surface area contributed by atoms with Gasteiger partial charge in [-0.1, -0.05) is 43.2 Å². The summed E-state index contributed by atoms with van der Waals surface area (Å²) in [4.78, 5) is 26.2. The summed E-state index contributed by atoms with van der Waals surface area (Å²) in [6.07, 6.45) is 3.93. The molecule has 0 bridgehead atoms. The van der Waals surface area contributed by atoms with Gasteiger partial charge in [-0.3, -0.25) is 9.69 Å². The molecular weight excluding hydrogens is 280 g/mol. The largest absolute Gasteiger partial charge is 0.445 e. The lowest BCUT2D eigenvalue weighted by molar-refractivity contribution is -0.130. The Hall–Kier alpha value is -2.04. The standard InChI is InChI=1S/C17H22N2O3/c20-16-15(14-8-4-5-9-14)19(11-10-18-16)17(21)22-12-13-6-2-1-3-7-13/h1-3,6-7,14-15H,4-5,8-12H2,(H,18,20). The van der Waals surface area contributed by atoms with Crippen LogP contribution in [0.15, 0.2) is 30.3 Å². The van der Waals surface area contributed by atoms with E-state index < -0.39 is 0 Å². The zero-order valence-corrected chi connectivity index (χ0v) is 12.7. The summed E-state index contributed by atoms with van der Waals surface area (Å²) in [6.45, 7) is 1.28. The molecule has 2 fully saturated rings. The quantitative estimate of drug-likeness (QED) is 0.932. The molecule has 1 atom stereocenters. The van der Waals surface area contributed by atoms with E-state index in [1.165, 1.54) is 0 Å². The Kier molecular flexibility index (Phi) is 4.61. The highest BCUT2D eigenvalue weighted by molar-refractivity contribution is 5.87. The van der Waals surface area contributed by atoms with Gasteiger partial charge in [-0.25, -0.2) is 4.79 Å². The van der Waals surface area contributed by atoms with Crippen LogP contribution in [0.1, 0.15) is 31.2 Å². The number of carbonyl (C=O) groups excluding carboxylic acids is 2. The van der Waals surface area contributed by atoms with E-state index in [-0.39, 0.29) is 30.6 Å². The summed E-state index contributed by atoms with van der Waals surface area (Å²) < 4.78 is 5.41. The molecule has 1 aromatic carbocycles. The van der Waals surface area contributed by atoms with Crippen LogP contribution in [-0.4, -0.2) is 36.0 Å². The Bertz CT molecular complexity index is 526. The number of hydrogen-bond acceptors (Lipinski definition) is 3. The minimum Gasteiger partial charge on any atom is -0.445 e. The van der Waals surface area contributed by atoms with Gasteiger partial charge in [0.25, 0.3) is 0 Å². The summed E-state index contributed by atoms with van der Waals surface area (Å²) in [5.74, 6) is 0.236. The topological polar surface area (TPSA) is 58.6 Å². The molecule has 1 saturated heterocycles. The van der Waals surface area contributed by atoms with Gasteiger partial charge in [0.1, 0.15) is 12.6 Å². The highest BCUT2D eigenvalue weighted by atomic mass is 16.6. The molecule has 2 amide bonds. The normalized spacial score (nSPS) is 22.5. The molecule has 1 N–H and O–H groups in total. The van der Waals surface area contributed by atoms with Crippen molar-refractivity contribution in [1.29, 1.82) is 0 Å². The molecule has 118 valence electrons. The van der Waals surface area contributed by atoms with Gasteiger partial charge >= 0.3 is 6.09 Å². The van der Waals surface area contributed by atoms with Gasteiger partial charge in [0.15, 0.2) is 0 Å². The molecule has 0 radical (unpaired) electrons. The van der Waals surface area contributed by atoms with E-state index in [4.69, 9.17) is 4.74 Å².